The van der Waals surface area contributed by atoms with Crippen LogP contribution >= 0.6 is 11.3 Å². The van der Waals surface area contributed by atoms with Gasteiger partial charge in [-0.05, 0) is 56.9 Å². The number of nitrogens with one attached hydrogen (secondary N) is 3. The Kier molecular flexibility index (Phi) is 11.6. The van der Waals surface area contributed by atoms with E-state index >= 15 is 0 Å². The molecule has 0 bridgehead atoms. The van der Waals surface area contributed by atoms with Crippen molar-refractivity contribution in [1.29, 1.82) is 0 Å². The van der Waals surface area contributed by atoms with Crippen molar-refractivity contribution in [2.75, 3.05) is 4.72 Å². The van der Waals surface area contributed by atoms with Crippen LogP contribution in [0.1, 0.15) is 55.6 Å². The molecule has 3 rings (SSSR count). The van der Waals surface area contributed by atoms with Crippen molar-refractivity contribution in [3.8, 4) is 0 Å². The van der Waals surface area contributed by atoms with Gasteiger partial charge >= 0.3 is 6.09 Å². The summed E-state index contributed by atoms with van der Waals surface area (Å²) in [6.45, 7) is 7.23. The number of rotatable bonds is 11. The number of aromatic nitrogens is 1. The number of nitrogens with zero attached hydrogens (tertiary/aromatic N) is 1. The Morgan fingerprint density at radius 1 is 1.00 bits per heavy atom. The number of ether oxygens (including phenoxy) is 1. The van der Waals surface area contributed by atoms with Crippen LogP contribution in [-0.4, -0.2) is 41.6 Å². The largest absolute Gasteiger partial charge is 0.731 e. The van der Waals surface area contributed by atoms with E-state index in [1.165, 1.54) is 23.5 Å². The van der Waals surface area contributed by atoms with E-state index < -0.39 is 40.0 Å². The summed E-state index contributed by atoms with van der Waals surface area (Å²) in [5, 5.41) is 8.37. The molecule has 1 aromatic heterocycles. The van der Waals surface area contributed by atoms with Gasteiger partial charge in [0.05, 0.1) is 11.7 Å². The van der Waals surface area contributed by atoms with Gasteiger partial charge in [-0.3, -0.25) is 9.52 Å². The average Bonchev–Trinajstić information content (AvgIpc) is 3.32. The Morgan fingerprint density at radius 3 is 2.17 bits per heavy atom. The minimum atomic E-state index is -4.64. The minimum Gasteiger partial charge on any atom is -0.731 e. The molecule has 0 aliphatic carbocycles. The first-order chi connectivity index (χ1) is 18.3. The van der Waals surface area contributed by atoms with E-state index in [4.69, 9.17) is 4.74 Å². The Bertz CT molecular complexity index is 1360. The molecule has 3 aromatic rings. The number of amides is 2. The highest BCUT2D eigenvalue weighted by molar-refractivity contribution is 7.87. The monoisotopic (exact) mass is 591 g/mol. The highest BCUT2D eigenvalue weighted by atomic mass is 32.2. The van der Waals surface area contributed by atoms with Crippen molar-refractivity contribution in [3.63, 3.8) is 0 Å². The SMILES string of the molecule is CCc1csc([C@H](Cc2ccc(NS(=O)(=O)[O-])cc2)NC(=O)[C@H](Cc2ccccc2)NC(=O)OC(C)(C)C)n1.[NH4+]. The highest BCUT2D eigenvalue weighted by Gasteiger charge is 2.28. The zero-order valence-corrected chi connectivity index (χ0v) is 24.9. The van der Waals surface area contributed by atoms with Crippen LogP contribution in [0, 0.1) is 0 Å². The fraction of sp³-hybridized carbons (Fsp3) is 0.370. The third-order valence-electron chi connectivity index (χ3n) is 5.47. The maximum atomic E-state index is 13.6. The zero-order chi connectivity index (χ0) is 28.6. The van der Waals surface area contributed by atoms with Crippen molar-refractivity contribution in [2.45, 2.75) is 64.6 Å². The van der Waals surface area contributed by atoms with Crippen LogP contribution in [0.2, 0.25) is 0 Å². The van der Waals surface area contributed by atoms with Crippen LogP contribution < -0.4 is 21.5 Å². The van der Waals surface area contributed by atoms with Crippen LogP contribution in [0.25, 0.3) is 0 Å². The smallest absolute Gasteiger partial charge is 0.408 e. The highest BCUT2D eigenvalue weighted by Crippen LogP contribution is 2.24. The number of hydrogen-bond donors (Lipinski definition) is 4. The fourth-order valence-electron chi connectivity index (χ4n) is 3.72. The van der Waals surface area contributed by atoms with Gasteiger partial charge in [0.15, 0.2) is 10.3 Å². The molecule has 218 valence electrons. The fourth-order valence-corrected chi connectivity index (χ4v) is 5.09. The van der Waals surface area contributed by atoms with E-state index in [2.05, 4.69) is 15.6 Å². The number of hydrogen-bond acceptors (Lipinski definition) is 8. The van der Waals surface area contributed by atoms with E-state index in [-0.39, 0.29) is 18.3 Å². The van der Waals surface area contributed by atoms with Crippen molar-refractivity contribution < 1.29 is 27.3 Å². The van der Waals surface area contributed by atoms with Crippen LogP contribution in [0.4, 0.5) is 10.5 Å². The standard InChI is InChI=1S/C27H34N4O6S2.H3N/c1-5-20-17-38-25(28-20)23(16-19-11-13-21(14-12-19)31-39(34,35)36)29-24(32)22(15-18-9-7-6-8-10-18)30-26(33)37-27(2,3)4;/h6-14,17,22-23,31H,5,15-16H2,1-4H3,(H,29,32)(H,30,33)(H,34,35,36);1H3/t22-,23-;/m0./s1. The van der Waals surface area contributed by atoms with Gasteiger partial charge in [0.25, 0.3) is 0 Å². The minimum absolute atomic E-state index is 0. The van der Waals surface area contributed by atoms with Gasteiger partial charge in [0, 0.05) is 17.5 Å². The molecule has 2 amide bonds. The summed E-state index contributed by atoms with van der Waals surface area (Å²) < 4.78 is 40.3. The van der Waals surface area contributed by atoms with Crippen LogP contribution in [-0.2, 0) is 39.1 Å². The quantitative estimate of drug-likeness (QED) is 0.236. The maximum absolute atomic E-state index is 13.6. The molecule has 0 spiro atoms. The molecular formula is C27H37N5O6S2. The van der Waals surface area contributed by atoms with Crippen molar-refractivity contribution in [2.24, 2.45) is 0 Å². The number of anilines is 1. The molecule has 2 aromatic carbocycles. The lowest BCUT2D eigenvalue weighted by Crippen LogP contribution is -2.50. The summed E-state index contributed by atoms with van der Waals surface area (Å²) in [5.41, 5.74) is 1.94. The first-order valence-corrected chi connectivity index (χ1v) is 14.7. The molecule has 13 heteroatoms. The summed E-state index contributed by atoms with van der Waals surface area (Å²) in [7, 11) is -4.64. The van der Waals surface area contributed by atoms with Crippen LogP contribution in [0.3, 0.4) is 0 Å². The first kappa shape index (κ1) is 32.7. The predicted molar refractivity (Wildman–Crippen MR) is 155 cm³/mol. The maximum Gasteiger partial charge on any atom is 0.408 e. The van der Waals surface area contributed by atoms with Gasteiger partial charge in [-0.15, -0.1) is 11.3 Å². The number of benzene rings is 2. The molecule has 40 heavy (non-hydrogen) atoms. The Morgan fingerprint density at radius 2 is 1.62 bits per heavy atom. The molecule has 11 nitrogen and oxygen atoms in total. The lowest BCUT2D eigenvalue weighted by Gasteiger charge is -2.25. The number of carbonyl (C=O) groups excluding carboxylic acids is 2. The van der Waals surface area contributed by atoms with Crippen LogP contribution in [0.5, 0.6) is 0 Å². The number of quaternary nitrogens is 1. The normalized spacial score (nSPS) is 12.9. The third kappa shape index (κ3) is 10.9. The van der Waals surface area contributed by atoms with E-state index in [9.17, 15) is 22.6 Å². The molecule has 0 aliphatic rings. The Balaban J connectivity index is 0.00000560. The number of carbonyl (C=O) groups is 2. The summed E-state index contributed by atoms with van der Waals surface area (Å²) in [6, 6.07) is 14.2. The van der Waals surface area contributed by atoms with Crippen molar-refractivity contribution in [1.82, 2.24) is 21.8 Å². The summed E-state index contributed by atoms with van der Waals surface area (Å²) in [6.07, 6.45) is 0.630. The van der Waals surface area contributed by atoms with Crippen molar-refractivity contribution >= 4 is 39.3 Å². The molecule has 1 heterocycles. The van der Waals surface area contributed by atoms with Gasteiger partial charge in [0.1, 0.15) is 16.7 Å². The lowest BCUT2D eigenvalue weighted by atomic mass is 10.0. The summed E-state index contributed by atoms with van der Waals surface area (Å²) in [5.74, 6) is -0.404. The topological polar surface area (TPSA) is 186 Å². The average molecular weight is 592 g/mol. The second kappa shape index (κ2) is 14.2. The van der Waals surface area contributed by atoms with Gasteiger partial charge in [-0.25, -0.2) is 18.2 Å². The van der Waals surface area contributed by atoms with Crippen molar-refractivity contribution in [3.05, 3.63) is 81.8 Å². The Hall–Kier alpha value is -3.52. The number of alkyl carbamates (subject to hydrolysis) is 1. The lowest BCUT2D eigenvalue weighted by molar-refractivity contribution is -0.124. The molecule has 0 saturated carbocycles. The molecule has 0 fully saturated rings. The summed E-state index contributed by atoms with van der Waals surface area (Å²) in [4.78, 5) is 30.8. The first-order valence-electron chi connectivity index (χ1n) is 12.4. The number of thiazole rings is 1. The molecule has 0 radical (unpaired) electrons. The van der Waals surface area contributed by atoms with Gasteiger partial charge in [-0.2, -0.15) is 0 Å². The van der Waals surface area contributed by atoms with Gasteiger partial charge in [-0.1, -0.05) is 49.4 Å². The van der Waals surface area contributed by atoms with Gasteiger partial charge in [0.2, 0.25) is 5.91 Å². The third-order valence-corrected chi connectivity index (χ3v) is 6.97. The van der Waals surface area contributed by atoms with Gasteiger partial charge < -0.3 is 26.1 Å². The number of aryl methyl sites for hydroxylation is 1. The predicted octanol–water partition coefficient (Wildman–Crippen LogP) is 4.49. The molecule has 2 atom stereocenters. The Labute approximate surface area is 239 Å². The molecule has 0 saturated heterocycles. The molecule has 7 N–H and O–H groups in total. The van der Waals surface area contributed by atoms with E-state index in [1.807, 2.05) is 47.4 Å². The van der Waals surface area contributed by atoms with E-state index in [1.54, 1.807) is 32.9 Å². The second-order valence-electron chi connectivity index (χ2n) is 9.94. The van der Waals surface area contributed by atoms with E-state index in [0.29, 0.717) is 11.4 Å². The molecular weight excluding hydrogens is 554 g/mol. The van der Waals surface area contributed by atoms with Crippen LogP contribution in [0.15, 0.2) is 60.0 Å². The molecule has 0 unspecified atom stereocenters. The second-order valence-corrected chi connectivity index (χ2v) is 11.9. The zero-order valence-electron chi connectivity index (χ0n) is 23.3. The van der Waals surface area contributed by atoms with E-state index in [0.717, 1.165) is 23.2 Å². The molecule has 0 aliphatic heterocycles. The summed E-state index contributed by atoms with van der Waals surface area (Å²) >= 11 is 1.42.